The van der Waals surface area contributed by atoms with Crippen molar-refractivity contribution >= 4 is 23.5 Å². The molecule has 2 aliphatic rings. The first kappa shape index (κ1) is 29.7. The highest BCUT2D eigenvalue weighted by Gasteiger charge is 2.41. The standard InChI is InChI=1S/C32H28ClF3N4O4/c33-25-4-1-3-23(26-5-2-6-27(38-26)40-29(32(34,35)36)24(17-37-40)31(42)43)28(25)44-18-19-7-9-20(10-8-19)21-13-15-39(16-14-21)30(41)22-11-12-22/h1-10,17,21-22H,11-16,18H2,(H,42,43). The van der Waals surface area contributed by atoms with E-state index in [0.717, 1.165) is 44.3 Å². The van der Waals surface area contributed by atoms with Crippen LogP contribution in [0.25, 0.3) is 17.1 Å². The molecule has 1 aliphatic carbocycles. The number of carboxylic acids is 1. The number of amides is 1. The van der Waals surface area contributed by atoms with Gasteiger partial charge in [-0.2, -0.15) is 18.3 Å². The molecule has 0 bridgehead atoms. The third-order valence-corrected chi connectivity index (χ3v) is 8.33. The van der Waals surface area contributed by atoms with Gasteiger partial charge in [0.15, 0.2) is 11.5 Å². The number of hydrogen-bond acceptors (Lipinski definition) is 5. The Kier molecular flexibility index (Phi) is 8.06. The second kappa shape index (κ2) is 12.0. The van der Waals surface area contributed by atoms with E-state index in [0.29, 0.717) is 39.0 Å². The number of rotatable bonds is 8. The van der Waals surface area contributed by atoms with Gasteiger partial charge in [0.1, 0.15) is 17.9 Å². The average Bonchev–Trinajstić information content (AvgIpc) is 3.76. The number of aromatic carboxylic acids is 1. The molecule has 8 nitrogen and oxygen atoms in total. The summed E-state index contributed by atoms with van der Waals surface area (Å²) >= 11 is 6.50. The molecule has 2 aromatic heterocycles. The third-order valence-electron chi connectivity index (χ3n) is 8.03. The monoisotopic (exact) mass is 624 g/mol. The molecule has 1 saturated heterocycles. The quantitative estimate of drug-likeness (QED) is 0.227. The van der Waals surface area contributed by atoms with E-state index in [1.54, 1.807) is 24.3 Å². The zero-order valence-corrected chi connectivity index (χ0v) is 24.2. The lowest BCUT2D eigenvalue weighted by atomic mass is 9.89. The van der Waals surface area contributed by atoms with E-state index in [4.69, 9.17) is 16.3 Å². The fraction of sp³-hybridized carbons (Fsp3) is 0.312. The Hall–Kier alpha value is -4.38. The van der Waals surface area contributed by atoms with E-state index >= 15 is 0 Å². The lowest BCUT2D eigenvalue weighted by Gasteiger charge is -2.32. The number of para-hydroxylation sites is 1. The number of nitrogens with zero attached hydrogens (tertiary/aromatic N) is 4. The number of aromatic nitrogens is 3. The van der Waals surface area contributed by atoms with Crippen LogP contribution in [0.3, 0.4) is 0 Å². The number of pyridine rings is 1. The first-order valence-electron chi connectivity index (χ1n) is 14.3. The minimum absolute atomic E-state index is 0.185. The van der Waals surface area contributed by atoms with Gasteiger partial charge in [0.25, 0.3) is 0 Å². The Morgan fingerprint density at radius 3 is 2.34 bits per heavy atom. The van der Waals surface area contributed by atoms with Crippen LogP contribution < -0.4 is 4.74 Å². The minimum atomic E-state index is -4.98. The van der Waals surface area contributed by atoms with Gasteiger partial charge in [-0.15, -0.1) is 0 Å². The van der Waals surface area contributed by atoms with Crippen molar-refractivity contribution in [2.24, 2.45) is 5.92 Å². The summed E-state index contributed by atoms with van der Waals surface area (Å²) in [5.41, 5.74) is 0.421. The topological polar surface area (TPSA) is 97.5 Å². The number of halogens is 4. The number of carbonyl (C=O) groups excluding carboxylic acids is 1. The summed E-state index contributed by atoms with van der Waals surface area (Å²) in [7, 11) is 0. The van der Waals surface area contributed by atoms with Crippen LogP contribution in [-0.2, 0) is 17.6 Å². The SMILES string of the molecule is O=C(O)c1cnn(-c2cccc(-c3cccc(Cl)c3OCc3ccc(C4CCN(C(=O)C5CC5)CC4)cc3)n2)c1C(F)(F)F. The number of benzene rings is 2. The third kappa shape index (κ3) is 6.14. The second-order valence-electron chi connectivity index (χ2n) is 11.0. The number of likely N-dealkylation sites (tertiary alicyclic amines) is 1. The Morgan fingerprint density at radius 2 is 1.68 bits per heavy atom. The summed E-state index contributed by atoms with van der Waals surface area (Å²) in [6, 6.07) is 17.5. The first-order chi connectivity index (χ1) is 21.1. The van der Waals surface area contributed by atoms with Crippen molar-refractivity contribution < 1.29 is 32.6 Å². The predicted molar refractivity (Wildman–Crippen MR) is 156 cm³/mol. The number of piperidine rings is 1. The smallest absolute Gasteiger partial charge is 0.434 e. The van der Waals surface area contributed by atoms with Crippen LogP contribution in [0.2, 0.25) is 5.02 Å². The Morgan fingerprint density at radius 1 is 0.977 bits per heavy atom. The molecule has 44 heavy (non-hydrogen) atoms. The van der Waals surface area contributed by atoms with Crippen LogP contribution in [0.5, 0.6) is 5.75 Å². The molecule has 3 heterocycles. The van der Waals surface area contributed by atoms with Crippen molar-refractivity contribution in [3.05, 3.63) is 94.3 Å². The number of alkyl halides is 3. The van der Waals surface area contributed by atoms with Crippen molar-refractivity contribution in [1.29, 1.82) is 0 Å². The first-order valence-corrected chi connectivity index (χ1v) is 14.6. The fourth-order valence-corrected chi connectivity index (χ4v) is 5.79. The van der Waals surface area contributed by atoms with Crippen molar-refractivity contribution in [3.8, 4) is 22.8 Å². The number of carboxylic acid groups (broad SMARTS) is 1. The number of hydrogen-bond donors (Lipinski definition) is 1. The van der Waals surface area contributed by atoms with E-state index < -0.39 is 23.4 Å². The Labute approximate surface area is 256 Å². The largest absolute Gasteiger partial charge is 0.487 e. The molecule has 1 amide bonds. The molecular weight excluding hydrogens is 597 g/mol. The van der Waals surface area contributed by atoms with E-state index in [-0.39, 0.29) is 24.0 Å². The Bertz CT molecular complexity index is 1690. The highest BCUT2D eigenvalue weighted by atomic mass is 35.5. The minimum Gasteiger partial charge on any atom is -0.487 e. The summed E-state index contributed by atoms with van der Waals surface area (Å²) in [5, 5.41) is 13.2. The van der Waals surface area contributed by atoms with Crippen LogP contribution >= 0.6 is 11.6 Å². The molecule has 1 aliphatic heterocycles. The van der Waals surface area contributed by atoms with Crippen molar-refractivity contribution in [3.63, 3.8) is 0 Å². The predicted octanol–water partition coefficient (Wildman–Crippen LogP) is 7.00. The molecule has 0 unspecified atom stereocenters. The van der Waals surface area contributed by atoms with Crippen molar-refractivity contribution in [2.75, 3.05) is 13.1 Å². The molecule has 0 atom stereocenters. The summed E-state index contributed by atoms with van der Waals surface area (Å²) in [6.45, 7) is 1.76. The maximum atomic E-state index is 13.8. The van der Waals surface area contributed by atoms with Crippen LogP contribution in [0.1, 0.15) is 58.8 Å². The zero-order valence-electron chi connectivity index (χ0n) is 23.4. The maximum absolute atomic E-state index is 13.8. The summed E-state index contributed by atoms with van der Waals surface area (Å²) < 4.78 is 48.0. The molecule has 2 aromatic carbocycles. The molecule has 228 valence electrons. The van der Waals surface area contributed by atoms with E-state index in [9.17, 15) is 27.9 Å². The van der Waals surface area contributed by atoms with Gasteiger partial charge < -0.3 is 14.7 Å². The van der Waals surface area contributed by atoms with Gasteiger partial charge in [-0.1, -0.05) is 48.0 Å². The van der Waals surface area contributed by atoms with Gasteiger partial charge in [0.2, 0.25) is 5.91 Å². The highest BCUT2D eigenvalue weighted by molar-refractivity contribution is 6.32. The number of carbonyl (C=O) groups is 2. The Balaban J connectivity index is 1.18. The molecule has 0 radical (unpaired) electrons. The normalized spacial score (nSPS) is 15.8. The van der Waals surface area contributed by atoms with Crippen LogP contribution in [0, 0.1) is 5.92 Å². The summed E-state index contributed by atoms with van der Waals surface area (Å²) in [5.74, 6) is -0.721. The fourth-order valence-electron chi connectivity index (χ4n) is 5.56. The van der Waals surface area contributed by atoms with Gasteiger partial charge in [-0.05, 0) is 67.0 Å². The molecule has 4 aromatic rings. The molecule has 1 saturated carbocycles. The average molecular weight is 625 g/mol. The van der Waals surface area contributed by atoms with Crippen LogP contribution in [-0.4, -0.2) is 49.7 Å². The molecule has 12 heteroatoms. The zero-order chi connectivity index (χ0) is 31.0. The van der Waals surface area contributed by atoms with Gasteiger partial charge in [0.05, 0.1) is 16.9 Å². The van der Waals surface area contributed by atoms with E-state index in [1.807, 2.05) is 17.0 Å². The van der Waals surface area contributed by atoms with E-state index in [2.05, 4.69) is 22.2 Å². The van der Waals surface area contributed by atoms with Crippen molar-refractivity contribution in [1.82, 2.24) is 19.7 Å². The van der Waals surface area contributed by atoms with Gasteiger partial charge in [0, 0.05) is 24.6 Å². The van der Waals surface area contributed by atoms with Crippen molar-refractivity contribution in [2.45, 2.75) is 44.4 Å². The maximum Gasteiger partial charge on any atom is 0.434 e. The van der Waals surface area contributed by atoms with Gasteiger partial charge in [-0.3, -0.25) is 4.79 Å². The molecule has 0 spiro atoms. The lowest BCUT2D eigenvalue weighted by Crippen LogP contribution is -2.38. The summed E-state index contributed by atoms with van der Waals surface area (Å²) in [4.78, 5) is 30.1. The molecule has 2 fully saturated rings. The van der Waals surface area contributed by atoms with E-state index in [1.165, 1.54) is 17.7 Å². The molecule has 1 N–H and O–H groups in total. The van der Waals surface area contributed by atoms with Crippen LogP contribution in [0.15, 0.2) is 66.9 Å². The highest BCUT2D eigenvalue weighted by Crippen LogP contribution is 2.38. The van der Waals surface area contributed by atoms with Gasteiger partial charge >= 0.3 is 12.1 Å². The summed E-state index contributed by atoms with van der Waals surface area (Å²) in [6.07, 6.45) is -0.422. The molecule has 6 rings (SSSR count). The number of ether oxygens (including phenoxy) is 1. The lowest BCUT2D eigenvalue weighted by molar-refractivity contribution is -0.143. The van der Waals surface area contributed by atoms with Crippen LogP contribution in [0.4, 0.5) is 13.2 Å². The second-order valence-corrected chi connectivity index (χ2v) is 11.4. The van der Waals surface area contributed by atoms with Gasteiger partial charge in [-0.25, -0.2) is 14.5 Å². The molecular formula is C32H28ClF3N4O4.